The quantitative estimate of drug-likeness (QED) is 0.637. The van der Waals surface area contributed by atoms with Crippen LogP contribution in [0.3, 0.4) is 0 Å². The average molecular weight is 265 g/mol. The molecule has 0 aromatic heterocycles. The minimum atomic E-state index is -1.12. The molecule has 0 spiro atoms. The molecule has 0 aliphatic heterocycles. The van der Waals surface area contributed by atoms with E-state index in [0.717, 1.165) is 12.8 Å². The molecule has 1 aromatic carbocycles. The molecule has 102 valence electrons. The van der Waals surface area contributed by atoms with E-state index >= 15 is 0 Å². The van der Waals surface area contributed by atoms with Crippen molar-refractivity contribution in [2.75, 3.05) is 0 Å². The van der Waals surface area contributed by atoms with Gasteiger partial charge in [0.1, 0.15) is 23.1 Å². The Hall–Kier alpha value is -2.24. The molecule has 19 heavy (non-hydrogen) atoms. The van der Waals surface area contributed by atoms with Gasteiger partial charge in [0.25, 0.3) is 5.91 Å². The van der Waals surface area contributed by atoms with Crippen LogP contribution < -0.4 is 5.32 Å². The van der Waals surface area contributed by atoms with Crippen LogP contribution in [0.2, 0.25) is 0 Å². The third-order valence-electron chi connectivity index (χ3n) is 3.12. The smallest absolute Gasteiger partial charge is 0.326 e. The van der Waals surface area contributed by atoms with Crippen LogP contribution >= 0.6 is 0 Å². The lowest BCUT2D eigenvalue weighted by Crippen LogP contribution is -2.41. The molecule has 4 N–H and O–H groups in total. The maximum atomic E-state index is 11.9. The summed E-state index contributed by atoms with van der Waals surface area (Å²) in [5.74, 6) is -2.33. The fourth-order valence-electron chi connectivity index (χ4n) is 1.90. The highest BCUT2D eigenvalue weighted by Gasteiger charge is 2.31. The summed E-state index contributed by atoms with van der Waals surface area (Å²) in [6.07, 6.45) is 2.32. The number of benzene rings is 1. The van der Waals surface area contributed by atoms with Crippen molar-refractivity contribution in [3.63, 3.8) is 0 Å². The first-order valence-corrected chi connectivity index (χ1v) is 6.03. The van der Waals surface area contributed by atoms with E-state index in [1.165, 1.54) is 18.2 Å². The van der Waals surface area contributed by atoms with Crippen LogP contribution in [0.4, 0.5) is 0 Å². The van der Waals surface area contributed by atoms with Gasteiger partial charge in [-0.2, -0.15) is 0 Å². The molecule has 0 heterocycles. The molecule has 0 radical (unpaired) electrons. The Labute approximate surface area is 109 Å². The Morgan fingerprint density at radius 1 is 1.26 bits per heavy atom. The van der Waals surface area contributed by atoms with Gasteiger partial charge in [0.2, 0.25) is 0 Å². The van der Waals surface area contributed by atoms with E-state index in [1.807, 2.05) is 0 Å². The van der Waals surface area contributed by atoms with Crippen LogP contribution in [0, 0.1) is 5.92 Å². The minimum absolute atomic E-state index is 0.301. The standard InChI is InChI=1S/C13H15NO5/c15-9-2-1-3-10(16)11(9)12(17)14-8(13(18)19)6-7-4-5-7/h1-3,7-8,15-16H,4-6H2,(H,14,17)(H,18,19)/t8-/m0/s1. The molecule has 6 heteroatoms. The Morgan fingerprint density at radius 3 is 2.32 bits per heavy atom. The molecule has 1 aliphatic rings. The number of phenolic OH excluding ortho intramolecular Hbond substituents is 2. The summed E-state index contributed by atoms with van der Waals surface area (Å²) in [5.41, 5.74) is -0.301. The maximum absolute atomic E-state index is 11.9. The number of hydrogen-bond acceptors (Lipinski definition) is 4. The predicted octanol–water partition coefficient (Wildman–Crippen LogP) is 1.08. The van der Waals surface area contributed by atoms with E-state index in [0.29, 0.717) is 12.3 Å². The lowest BCUT2D eigenvalue weighted by molar-refractivity contribution is -0.139. The molecule has 1 saturated carbocycles. The predicted molar refractivity (Wildman–Crippen MR) is 66.0 cm³/mol. The van der Waals surface area contributed by atoms with Crippen LogP contribution in [0.15, 0.2) is 18.2 Å². The van der Waals surface area contributed by atoms with Gasteiger partial charge in [-0.25, -0.2) is 4.79 Å². The number of hydrogen-bond donors (Lipinski definition) is 4. The van der Waals surface area contributed by atoms with Gasteiger partial charge in [-0.05, 0) is 24.5 Å². The Bertz CT molecular complexity index is 490. The largest absolute Gasteiger partial charge is 0.507 e. The molecule has 0 saturated heterocycles. The van der Waals surface area contributed by atoms with Crippen molar-refractivity contribution in [3.05, 3.63) is 23.8 Å². The van der Waals surface area contributed by atoms with Gasteiger partial charge in [-0.15, -0.1) is 0 Å². The Kier molecular flexibility index (Phi) is 3.59. The van der Waals surface area contributed by atoms with Crippen LogP contribution in [0.25, 0.3) is 0 Å². The molecule has 1 fully saturated rings. The number of nitrogens with one attached hydrogen (secondary N) is 1. The monoisotopic (exact) mass is 265 g/mol. The van der Waals surface area contributed by atoms with E-state index in [2.05, 4.69) is 5.32 Å². The molecule has 1 amide bonds. The third-order valence-corrected chi connectivity index (χ3v) is 3.12. The van der Waals surface area contributed by atoms with Gasteiger partial charge in [0.15, 0.2) is 0 Å². The second-order valence-electron chi connectivity index (χ2n) is 4.71. The third kappa shape index (κ3) is 3.15. The first-order chi connectivity index (χ1) is 8.99. The van der Waals surface area contributed by atoms with Crippen molar-refractivity contribution in [3.8, 4) is 11.5 Å². The zero-order valence-electron chi connectivity index (χ0n) is 10.2. The first-order valence-electron chi connectivity index (χ1n) is 6.03. The lowest BCUT2D eigenvalue weighted by atomic mass is 10.1. The van der Waals surface area contributed by atoms with Crippen molar-refractivity contribution >= 4 is 11.9 Å². The van der Waals surface area contributed by atoms with Gasteiger partial charge in [-0.1, -0.05) is 18.9 Å². The van der Waals surface area contributed by atoms with Gasteiger partial charge < -0.3 is 20.6 Å². The van der Waals surface area contributed by atoms with E-state index in [1.54, 1.807) is 0 Å². The van der Waals surface area contributed by atoms with Gasteiger partial charge >= 0.3 is 5.97 Å². The molecule has 6 nitrogen and oxygen atoms in total. The highest BCUT2D eigenvalue weighted by atomic mass is 16.4. The summed E-state index contributed by atoms with van der Waals surface area (Å²) >= 11 is 0. The second kappa shape index (κ2) is 5.17. The normalized spacial score (nSPS) is 15.8. The lowest BCUT2D eigenvalue weighted by Gasteiger charge is -2.15. The number of carbonyl (C=O) groups excluding carboxylic acids is 1. The highest BCUT2D eigenvalue weighted by Crippen LogP contribution is 2.34. The van der Waals surface area contributed by atoms with Gasteiger partial charge in [-0.3, -0.25) is 4.79 Å². The molecule has 1 atom stereocenters. The molecule has 0 bridgehead atoms. The zero-order valence-corrected chi connectivity index (χ0v) is 10.2. The molecule has 1 aromatic rings. The topological polar surface area (TPSA) is 107 Å². The van der Waals surface area contributed by atoms with Gasteiger partial charge in [0, 0.05) is 0 Å². The Balaban J connectivity index is 2.12. The first kappa shape index (κ1) is 13.2. The summed E-state index contributed by atoms with van der Waals surface area (Å²) in [7, 11) is 0. The van der Waals surface area contributed by atoms with Crippen molar-refractivity contribution in [2.24, 2.45) is 5.92 Å². The summed E-state index contributed by atoms with van der Waals surface area (Å²) < 4.78 is 0. The Morgan fingerprint density at radius 2 is 1.84 bits per heavy atom. The van der Waals surface area contributed by atoms with Crippen molar-refractivity contribution in [1.29, 1.82) is 0 Å². The fraction of sp³-hybridized carbons (Fsp3) is 0.385. The van der Waals surface area contributed by atoms with E-state index in [4.69, 9.17) is 5.11 Å². The highest BCUT2D eigenvalue weighted by molar-refractivity contribution is 6.01. The SMILES string of the molecule is O=C(N[C@@H](CC1CC1)C(=O)O)c1c(O)cccc1O. The molecule has 1 aliphatic carbocycles. The van der Waals surface area contributed by atoms with Crippen molar-refractivity contribution in [1.82, 2.24) is 5.32 Å². The number of carboxylic acid groups (broad SMARTS) is 1. The van der Waals surface area contributed by atoms with Crippen molar-refractivity contribution < 1.29 is 24.9 Å². The summed E-state index contributed by atoms with van der Waals surface area (Å²) in [4.78, 5) is 23.0. The van der Waals surface area contributed by atoms with Gasteiger partial charge in [0.05, 0.1) is 0 Å². The summed E-state index contributed by atoms with van der Waals surface area (Å²) in [6, 6.07) is 2.90. The molecular weight excluding hydrogens is 250 g/mol. The van der Waals surface area contributed by atoms with Crippen LogP contribution in [0.1, 0.15) is 29.6 Å². The average Bonchev–Trinajstić information content (AvgIpc) is 3.11. The fourth-order valence-corrected chi connectivity index (χ4v) is 1.90. The van der Waals surface area contributed by atoms with Crippen LogP contribution in [-0.4, -0.2) is 33.2 Å². The number of carboxylic acids is 1. The number of phenols is 2. The molecule has 0 unspecified atom stereocenters. The van der Waals surface area contributed by atoms with E-state index in [9.17, 15) is 19.8 Å². The molecule has 2 rings (SSSR count). The summed E-state index contributed by atoms with van der Waals surface area (Å²) in [5, 5.41) is 30.5. The minimum Gasteiger partial charge on any atom is -0.507 e. The number of aliphatic carboxylic acids is 1. The molecular formula is C13H15NO5. The second-order valence-corrected chi connectivity index (χ2v) is 4.71. The van der Waals surface area contributed by atoms with Crippen LogP contribution in [-0.2, 0) is 4.79 Å². The van der Waals surface area contributed by atoms with Crippen LogP contribution in [0.5, 0.6) is 11.5 Å². The van der Waals surface area contributed by atoms with E-state index < -0.39 is 17.9 Å². The summed E-state index contributed by atoms with van der Waals surface area (Å²) in [6.45, 7) is 0. The zero-order chi connectivity index (χ0) is 14.0. The number of amides is 1. The van der Waals surface area contributed by atoms with Crippen molar-refractivity contribution in [2.45, 2.75) is 25.3 Å². The number of aromatic hydroxyl groups is 2. The number of carbonyl (C=O) groups is 2. The van der Waals surface area contributed by atoms with E-state index in [-0.39, 0.29) is 17.1 Å². The maximum Gasteiger partial charge on any atom is 0.326 e. The number of rotatable bonds is 5.